The summed E-state index contributed by atoms with van der Waals surface area (Å²) >= 11 is 0. The van der Waals surface area contributed by atoms with Crippen LogP contribution in [0.2, 0.25) is 0 Å². The molecule has 0 spiro atoms. The highest BCUT2D eigenvalue weighted by molar-refractivity contribution is 5.62. The number of carboxylic acid groups (broad SMARTS) is 1. The van der Waals surface area contributed by atoms with E-state index in [-0.39, 0.29) is 0 Å². The number of nitrogens with zero attached hydrogens (tertiary/aromatic N) is 5. The van der Waals surface area contributed by atoms with E-state index in [0.29, 0.717) is 0 Å². The molecule has 29 heavy (non-hydrogen) atoms. The number of hydrogen-bond donors (Lipinski definition) is 16. The smallest absolute Gasteiger partial charge is 0.300 e. The molecule has 0 rings (SSSR count). The Morgan fingerprint density at radius 3 is 0.828 bits per heavy atom. The molecular weight excluding hydrogens is 406 g/mol. The van der Waals surface area contributed by atoms with Crippen molar-refractivity contribution >= 4 is 5.97 Å². The SMILES string of the molecule is CC(=O)O.N=[N+]=N.N=[N+]=N.N=[N+]=N.N=[N+]=N.N=[N+]=N.OCC(O)C(O)C(O)CO. The molecule has 2 unspecified atom stereocenters. The minimum Gasteiger partial charge on any atom is -0.481 e. The van der Waals surface area contributed by atoms with Gasteiger partial charge in [0.1, 0.15) is 73.6 Å². The summed E-state index contributed by atoms with van der Waals surface area (Å²) in [7, 11) is 0. The Balaban J connectivity index is -0.0000000430. The molecule has 166 valence electrons. The molecule has 0 aromatic heterocycles. The van der Waals surface area contributed by atoms with Gasteiger partial charge in [-0.25, -0.2) is 0 Å². The van der Waals surface area contributed by atoms with Crippen LogP contribution < -0.4 is 24.6 Å². The highest BCUT2D eigenvalue weighted by Crippen LogP contribution is 1.97. The first kappa shape index (κ1) is 44.3. The number of aliphatic hydroxyl groups is 5. The number of carboxylic acids is 1. The van der Waals surface area contributed by atoms with Gasteiger partial charge in [0.2, 0.25) is 24.6 Å². The maximum absolute atomic E-state index is 9.00. The van der Waals surface area contributed by atoms with E-state index < -0.39 is 37.5 Å². The lowest BCUT2D eigenvalue weighted by Crippen LogP contribution is -2.41. The molecule has 0 aliphatic carbocycles. The largest absolute Gasteiger partial charge is 0.481 e. The summed E-state index contributed by atoms with van der Waals surface area (Å²) in [5.74, 6) is -0.833. The lowest BCUT2D eigenvalue weighted by atomic mass is 10.1. The van der Waals surface area contributed by atoms with Crippen LogP contribution in [0.15, 0.2) is 0 Å². The van der Waals surface area contributed by atoms with Crippen molar-refractivity contribution in [2.75, 3.05) is 13.2 Å². The first-order valence-corrected chi connectivity index (χ1v) is 6.05. The fourth-order valence-electron chi connectivity index (χ4n) is 0.472. The molecule has 0 aliphatic rings. The van der Waals surface area contributed by atoms with E-state index in [1.165, 1.54) is 0 Å². The Labute approximate surface area is 161 Å². The number of aliphatic hydroxyl groups excluding tert-OH is 5. The molecule has 16 N–H and O–H groups in total. The molecule has 0 saturated heterocycles. The molecule has 22 heteroatoms. The van der Waals surface area contributed by atoms with Crippen LogP contribution in [-0.2, 0) is 4.79 Å². The van der Waals surface area contributed by atoms with Crippen molar-refractivity contribution in [3.05, 3.63) is 0 Å². The Morgan fingerprint density at radius 1 is 0.655 bits per heavy atom. The third-order valence-electron chi connectivity index (χ3n) is 1.16. The van der Waals surface area contributed by atoms with Crippen molar-refractivity contribution in [2.24, 2.45) is 0 Å². The van der Waals surface area contributed by atoms with Crippen molar-refractivity contribution in [3.8, 4) is 0 Å². The zero-order valence-corrected chi connectivity index (χ0v) is 15.0. The Kier molecular flexibility index (Phi) is 86.4. The summed E-state index contributed by atoms with van der Waals surface area (Å²) < 4.78 is 0. The molecule has 0 radical (unpaired) electrons. The van der Waals surface area contributed by atoms with Gasteiger partial charge in [0.05, 0.1) is 13.2 Å². The van der Waals surface area contributed by atoms with E-state index in [1.807, 2.05) is 24.6 Å². The van der Waals surface area contributed by atoms with E-state index in [0.717, 1.165) is 6.92 Å². The topological polar surface area (TPSA) is 447 Å². The molecule has 0 fully saturated rings. The number of rotatable bonds is 4. The third-order valence-corrected chi connectivity index (χ3v) is 1.16. The summed E-state index contributed by atoms with van der Waals surface area (Å²) in [4.78, 5) is 19.0. The first-order chi connectivity index (χ1) is 13.4. The van der Waals surface area contributed by atoms with Gasteiger partial charge in [0.15, 0.2) is 0 Å². The molecule has 2 atom stereocenters. The monoisotopic (exact) mass is 432 g/mol. The standard InChI is InChI=1S/C5H12O5.C2H4O2.5H2N3/c6-1-3(8)5(10)4(9)2-7;1-2(3)4;5*1-3-2/h3-10H,1-2H2;1H3,(H,3,4);5*1-2H/q;;5*+1. The Hall–Kier alpha value is -4.18. The van der Waals surface area contributed by atoms with Crippen molar-refractivity contribution in [3.63, 3.8) is 0 Å². The van der Waals surface area contributed by atoms with Gasteiger partial charge < -0.3 is 30.6 Å². The summed E-state index contributed by atoms with van der Waals surface area (Å²) in [5.41, 5.74) is 55.0. The quantitative estimate of drug-likeness (QED) is 0.170. The van der Waals surface area contributed by atoms with E-state index in [1.54, 1.807) is 0 Å². The number of nitrogens with one attached hydrogen (secondary N) is 10. The molecule has 0 bridgehead atoms. The average molecular weight is 432 g/mol. The van der Waals surface area contributed by atoms with Gasteiger partial charge in [-0.2, -0.15) is 0 Å². The van der Waals surface area contributed by atoms with Gasteiger partial charge in [0, 0.05) is 6.92 Å². The Morgan fingerprint density at radius 2 is 0.759 bits per heavy atom. The van der Waals surface area contributed by atoms with Crippen molar-refractivity contribution in [2.45, 2.75) is 25.2 Å². The normalized spacial score (nSPS) is 9.17. The van der Waals surface area contributed by atoms with Crippen molar-refractivity contribution in [1.82, 2.24) is 24.6 Å². The summed E-state index contributed by atoms with van der Waals surface area (Å²) in [5, 5.41) is 50.0. The summed E-state index contributed by atoms with van der Waals surface area (Å²) in [6.45, 7) is -0.198. The maximum Gasteiger partial charge on any atom is 0.300 e. The fourth-order valence-corrected chi connectivity index (χ4v) is 0.472. The lowest BCUT2D eigenvalue weighted by Gasteiger charge is -2.19. The van der Waals surface area contributed by atoms with Crippen LogP contribution in [0.5, 0.6) is 0 Å². The van der Waals surface area contributed by atoms with E-state index >= 15 is 0 Å². The second kappa shape index (κ2) is 56.5. The van der Waals surface area contributed by atoms with Crippen LogP contribution >= 0.6 is 0 Å². The number of hydrogen-bond acceptors (Lipinski definition) is 16. The second-order valence-electron chi connectivity index (χ2n) is 3.07. The van der Waals surface area contributed by atoms with Gasteiger partial charge in [0.25, 0.3) is 5.97 Å². The van der Waals surface area contributed by atoms with Crippen LogP contribution in [0.4, 0.5) is 0 Å². The summed E-state index contributed by atoms with van der Waals surface area (Å²) in [6.07, 6.45) is -4.29. The molecule has 0 heterocycles. The van der Waals surface area contributed by atoms with Crippen LogP contribution in [0.3, 0.4) is 0 Å². The molecule has 0 amide bonds. The minimum atomic E-state index is -1.49. The van der Waals surface area contributed by atoms with Gasteiger partial charge in [-0.1, -0.05) is 0 Å². The van der Waals surface area contributed by atoms with Crippen molar-refractivity contribution in [1.29, 1.82) is 55.3 Å². The van der Waals surface area contributed by atoms with E-state index in [2.05, 4.69) is 0 Å². The minimum absolute atomic E-state index is 0.641. The molecule has 22 nitrogen and oxygen atoms in total. The maximum atomic E-state index is 9.00. The van der Waals surface area contributed by atoms with Gasteiger partial charge >= 0.3 is 0 Å². The zero-order valence-electron chi connectivity index (χ0n) is 15.0. The summed E-state index contributed by atoms with van der Waals surface area (Å²) in [6, 6.07) is 0. The number of aliphatic carboxylic acids is 1. The van der Waals surface area contributed by atoms with Crippen LogP contribution in [0, 0.1) is 55.3 Å². The van der Waals surface area contributed by atoms with Gasteiger partial charge in [-0.15, -0.1) is 0 Å². The predicted molar refractivity (Wildman–Crippen MR) is 83.4 cm³/mol. The van der Waals surface area contributed by atoms with Crippen LogP contribution in [-0.4, -0.2) is 68.1 Å². The molecule has 0 aromatic rings. The molecular formula is C7H26N15O7+5. The molecule has 0 aromatic carbocycles. The number of carbonyl (C=O) groups is 1. The van der Waals surface area contributed by atoms with Crippen LogP contribution in [0.25, 0.3) is 0 Å². The van der Waals surface area contributed by atoms with Gasteiger partial charge in [-0.05, 0) is 0 Å². The van der Waals surface area contributed by atoms with Gasteiger partial charge in [-0.3, -0.25) is 4.79 Å². The van der Waals surface area contributed by atoms with E-state index in [4.69, 9.17) is 90.7 Å². The van der Waals surface area contributed by atoms with Crippen LogP contribution in [0.1, 0.15) is 6.92 Å². The molecule has 0 saturated carbocycles. The third kappa shape index (κ3) is 185. The second-order valence-corrected chi connectivity index (χ2v) is 3.07. The predicted octanol–water partition coefficient (Wildman–Crippen LogP) is -2.28. The molecule has 0 aliphatic heterocycles. The average Bonchev–Trinajstić information content (AvgIpc) is 2.62. The zero-order chi connectivity index (χ0) is 25.3. The Bertz CT molecular complexity index is 427. The van der Waals surface area contributed by atoms with E-state index in [9.17, 15) is 0 Å². The highest BCUT2D eigenvalue weighted by Gasteiger charge is 2.22. The fraction of sp³-hybridized carbons (Fsp3) is 0.857. The first-order valence-electron chi connectivity index (χ1n) is 6.05. The van der Waals surface area contributed by atoms with Crippen molar-refractivity contribution < 1.29 is 35.4 Å². The highest BCUT2D eigenvalue weighted by atomic mass is 16.4. The lowest BCUT2D eigenvalue weighted by molar-refractivity contribution is -0.134.